The molecule has 368 valence electrons. The van der Waals surface area contributed by atoms with Crippen molar-refractivity contribution in [2.45, 2.75) is 195 Å². The van der Waals surface area contributed by atoms with E-state index in [4.69, 9.17) is 9.84 Å². The first-order valence-corrected chi connectivity index (χ1v) is 24.0. The molecule has 3 saturated heterocycles. The topological polar surface area (TPSA) is 180 Å². The van der Waals surface area contributed by atoms with Gasteiger partial charge in [0.05, 0.1) is 18.2 Å². The summed E-state index contributed by atoms with van der Waals surface area (Å²) >= 11 is 0. The summed E-state index contributed by atoms with van der Waals surface area (Å²) in [6.45, 7) is 23.8. The molecule has 10 atom stereocenters. The molecule has 64 heavy (non-hydrogen) atoms. The lowest BCUT2D eigenvalue weighted by Crippen LogP contribution is -2.65. The largest absolute Gasteiger partial charge is 0.480 e. The Morgan fingerprint density at radius 3 is 1.75 bits per heavy atom. The molecular formula is C48H87N7O9. The van der Waals surface area contributed by atoms with E-state index in [1.807, 2.05) is 69.2 Å². The van der Waals surface area contributed by atoms with E-state index in [0.29, 0.717) is 45.2 Å². The maximum atomic E-state index is 14.5. The molecule has 0 aromatic carbocycles. The maximum Gasteiger partial charge on any atom is 0.323 e. The van der Waals surface area contributed by atoms with Gasteiger partial charge in [-0.3, -0.25) is 38.5 Å². The maximum absolute atomic E-state index is 14.5. The summed E-state index contributed by atoms with van der Waals surface area (Å²) in [5, 5.41) is 12.1. The summed E-state index contributed by atoms with van der Waals surface area (Å²) in [6.07, 6.45) is 6.28. The van der Waals surface area contributed by atoms with Crippen molar-refractivity contribution in [2.24, 2.45) is 23.7 Å². The average Bonchev–Trinajstić information content (AvgIpc) is 3.47. The van der Waals surface area contributed by atoms with Crippen molar-refractivity contribution in [1.29, 1.82) is 0 Å². The normalized spacial score (nSPS) is 25.6. The number of amides is 5. The van der Waals surface area contributed by atoms with Crippen LogP contribution in [0.15, 0.2) is 0 Å². The summed E-state index contributed by atoms with van der Waals surface area (Å²) in [6, 6.07) is -4.60. The lowest BCUT2D eigenvalue weighted by Gasteiger charge is -2.47. The molecule has 3 rings (SSSR count). The van der Waals surface area contributed by atoms with Gasteiger partial charge in [0.25, 0.3) is 0 Å². The van der Waals surface area contributed by atoms with E-state index in [1.165, 1.54) is 14.7 Å². The monoisotopic (exact) mass is 906 g/mol. The Labute approximate surface area is 385 Å². The Hall–Kier alpha value is -3.63. The fourth-order valence-corrected chi connectivity index (χ4v) is 9.76. The number of aliphatic carboxylic acids is 1. The summed E-state index contributed by atoms with van der Waals surface area (Å²) < 4.78 is 5.74. The number of ketones is 1. The smallest absolute Gasteiger partial charge is 0.323 e. The minimum absolute atomic E-state index is 0.00336. The number of likely N-dealkylation sites (tertiary alicyclic amines) is 2. The predicted molar refractivity (Wildman–Crippen MR) is 249 cm³/mol. The average molecular weight is 906 g/mol. The van der Waals surface area contributed by atoms with Crippen LogP contribution in [0.2, 0.25) is 0 Å². The number of nitrogens with one attached hydrogen (secondary N) is 1. The molecule has 0 saturated carbocycles. The molecule has 3 fully saturated rings. The summed E-state index contributed by atoms with van der Waals surface area (Å²) in [5.74, 6) is -2.17. The van der Waals surface area contributed by atoms with Gasteiger partial charge in [0.1, 0.15) is 35.9 Å². The van der Waals surface area contributed by atoms with E-state index >= 15 is 0 Å². The van der Waals surface area contributed by atoms with Crippen molar-refractivity contribution in [2.75, 3.05) is 48.3 Å². The molecule has 3 heterocycles. The number of unbranched alkanes of at least 4 members (excludes halogenated alkanes) is 3. The molecular weight excluding hydrogens is 819 g/mol. The zero-order chi connectivity index (χ0) is 49.1. The van der Waals surface area contributed by atoms with Crippen LogP contribution in [0.25, 0.3) is 0 Å². The predicted octanol–water partition coefficient (Wildman–Crippen LogP) is 4.73. The van der Waals surface area contributed by atoms with Gasteiger partial charge in [0, 0.05) is 34.2 Å². The van der Waals surface area contributed by atoms with Crippen molar-refractivity contribution in [3.05, 3.63) is 0 Å². The molecule has 0 radical (unpaired) electrons. The number of carbonyl (C=O) groups is 7. The number of nitrogens with zero attached hydrogens (tertiary/aromatic N) is 6. The fraction of sp³-hybridized carbons (Fsp3) is 0.854. The van der Waals surface area contributed by atoms with E-state index in [1.54, 1.807) is 56.9 Å². The Morgan fingerprint density at radius 2 is 1.33 bits per heavy atom. The highest BCUT2D eigenvalue weighted by molar-refractivity contribution is 5.97. The molecule has 3 aliphatic rings. The molecule has 10 unspecified atom stereocenters. The number of carboxylic acid groups (broad SMARTS) is 1. The van der Waals surface area contributed by atoms with Gasteiger partial charge in [-0.15, -0.1) is 0 Å². The SMILES string of the molecule is CC(C)C1OC(C)(C)N(C)C1C(=O)O.CCCCCCC(C(C)=O)N1CC(C)CC(N(C)C(=O)C(C(C)C)N2CC(C)CC(N(C)C(=O)C(CC)N(C)C(=O)C(CC)NC)C2=O)C1=O. The van der Waals surface area contributed by atoms with Crippen molar-refractivity contribution < 1.29 is 43.4 Å². The third kappa shape index (κ3) is 13.5. The lowest BCUT2D eigenvalue weighted by atomic mass is 9.88. The van der Waals surface area contributed by atoms with Crippen LogP contribution < -0.4 is 5.32 Å². The molecule has 2 N–H and O–H groups in total. The van der Waals surface area contributed by atoms with Gasteiger partial charge in [-0.05, 0) is 90.6 Å². The van der Waals surface area contributed by atoms with E-state index in [-0.39, 0.29) is 65.1 Å². The van der Waals surface area contributed by atoms with E-state index in [0.717, 1.165) is 25.7 Å². The standard InChI is InChI=1S/C38H68N6O6.C10H19NO3/c1-13-16-17-18-19-30(27(8)45)43-22-25(6)20-31(36(43)48)42(12)38(50)33(24(4)5)44-23-26(7)21-32(37(44)49)41(11)35(47)29(15-3)40(10)34(46)28(14-2)39-9;1-6(2)8-7(9(12)13)11(5)10(3,4)14-8/h24-26,28-33,39H,13-23H2,1-12H3;6-8H,1-5H3,(H,12,13). The Bertz CT molecular complexity index is 1600. The van der Waals surface area contributed by atoms with Gasteiger partial charge in [-0.25, -0.2) is 0 Å². The minimum atomic E-state index is -0.843. The van der Waals surface area contributed by atoms with E-state index < -0.39 is 54.0 Å². The highest BCUT2D eigenvalue weighted by Gasteiger charge is 2.50. The Balaban J connectivity index is 0.000000850. The number of hydrogen-bond donors (Lipinski definition) is 2. The number of hydrogen-bond acceptors (Lipinski definition) is 10. The molecule has 5 amide bonds. The molecule has 0 spiro atoms. The quantitative estimate of drug-likeness (QED) is 0.162. The number of piperidine rings is 2. The van der Waals surface area contributed by atoms with Crippen LogP contribution in [-0.2, 0) is 38.3 Å². The van der Waals surface area contributed by atoms with Crippen LogP contribution in [0.4, 0.5) is 0 Å². The van der Waals surface area contributed by atoms with Crippen LogP contribution in [0.5, 0.6) is 0 Å². The molecule has 16 nitrogen and oxygen atoms in total. The highest BCUT2D eigenvalue weighted by Crippen LogP contribution is 2.34. The van der Waals surface area contributed by atoms with Gasteiger partial charge in [0.15, 0.2) is 5.78 Å². The van der Waals surface area contributed by atoms with Crippen molar-refractivity contribution in [3.63, 3.8) is 0 Å². The van der Waals surface area contributed by atoms with Crippen LogP contribution in [0.3, 0.4) is 0 Å². The minimum Gasteiger partial charge on any atom is -0.480 e. The first kappa shape index (κ1) is 56.5. The van der Waals surface area contributed by atoms with Gasteiger partial charge in [-0.2, -0.15) is 0 Å². The van der Waals surface area contributed by atoms with Crippen LogP contribution in [0, 0.1) is 23.7 Å². The molecule has 0 aliphatic carbocycles. The number of carbonyl (C=O) groups excluding carboxylic acids is 6. The second kappa shape index (κ2) is 24.8. The van der Waals surface area contributed by atoms with Crippen LogP contribution in [-0.4, -0.2) is 178 Å². The van der Waals surface area contributed by atoms with Gasteiger partial charge in [0.2, 0.25) is 29.5 Å². The zero-order valence-electron chi connectivity index (χ0n) is 42.6. The van der Waals surface area contributed by atoms with Gasteiger partial charge in [-0.1, -0.05) is 88.0 Å². The van der Waals surface area contributed by atoms with E-state index in [9.17, 15) is 33.6 Å². The summed E-state index contributed by atoms with van der Waals surface area (Å²) in [5.41, 5.74) is -0.488. The number of rotatable bonds is 20. The van der Waals surface area contributed by atoms with Crippen molar-refractivity contribution in [3.8, 4) is 0 Å². The first-order chi connectivity index (χ1) is 29.7. The third-order valence-electron chi connectivity index (χ3n) is 13.9. The van der Waals surface area contributed by atoms with Gasteiger partial charge >= 0.3 is 5.97 Å². The molecule has 0 aromatic rings. The lowest BCUT2D eigenvalue weighted by molar-refractivity contribution is -0.162. The fourth-order valence-electron chi connectivity index (χ4n) is 9.76. The molecule has 0 bridgehead atoms. The summed E-state index contributed by atoms with van der Waals surface area (Å²) in [7, 11) is 8.39. The molecule has 3 aliphatic heterocycles. The van der Waals surface area contributed by atoms with E-state index in [2.05, 4.69) is 12.2 Å². The first-order valence-electron chi connectivity index (χ1n) is 24.0. The number of likely N-dealkylation sites (N-methyl/N-ethyl adjacent to an activating group) is 5. The van der Waals surface area contributed by atoms with Crippen molar-refractivity contribution in [1.82, 2.24) is 34.7 Å². The second-order valence-corrected chi connectivity index (χ2v) is 20.0. The van der Waals surface area contributed by atoms with Gasteiger partial charge < -0.3 is 39.7 Å². The zero-order valence-corrected chi connectivity index (χ0v) is 42.6. The second-order valence-electron chi connectivity index (χ2n) is 20.0. The number of ether oxygens (including phenoxy) is 1. The summed E-state index contributed by atoms with van der Waals surface area (Å²) in [4.78, 5) is 103. The Morgan fingerprint density at radius 1 is 0.812 bits per heavy atom. The molecule has 0 aromatic heterocycles. The Kier molecular flexibility index (Phi) is 21.9. The highest BCUT2D eigenvalue weighted by atomic mass is 16.5. The van der Waals surface area contributed by atoms with Crippen molar-refractivity contribution >= 4 is 41.3 Å². The molecule has 16 heteroatoms. The van der Waals surface area contributed by atoms with Crippen LogP contribution in [0.1, 0.15) is 141 Å². The third-order valence-corrected chi connectivity index (χ3v) is 13.9. The number of carboxylic acids is 1. The number of Topliss-reactive ketones (excluding diaryl/α,β-unsaturated/α-hetero) is 1. The van der Waals surface area contributed by atoms with Crippen LogP contribution >= 0.6 is 0 Å².